The maximum atomic E-state index is 13.8. The van der Waals surface area contributed by atoms with Crippen molar-refractivity contribution in [3.05, 3.63) is 76.5 Å². The third-order valence-electron chi connectivity index (χ3n) is 6.66. The van der Waals surface area contributed by atoms with Crippen molar-refractivity contribution in [3.8, 4) is 6.07 Å². The van der Waals surface area contributed by atoms with E-state index in [1.54, 1.807) is 18.2 Å². The van der Waals surface area contributed by atoms with Crippen molar-refractivity contribution in [2.75, 3.05) is 17.2 Å². The molecule has 0 amide bonds. The van der Waals surface area contributed by atoms with Crippen molar-refractivity contribution in [3.63, 3.8) is 0 Å². The monoisotopic (exact) mass is 515 g/mol. The molecule has 2 aromatic carbocycles. The summed E-state index contributed by atoms with van der Waals surface area (Å²) in [4.78, 5) is 4.44. The Kier molecular flexibility index (Phi) is 6.89. The molecule has 188 valence electrons. The fourth-order valence-corrected chi connectivity index (χ4v) is 4.67. The van der Waals surface area contributed by atoms with Crippen molar-refractivity contribution in [1.82, 2.24) is 21.0 Å². The number of nitrogens with zero attached hydrogens (tertiary/aromatic N) is 3. The van der Waals surface area contributed by atoms with Gasteiger partial charge in [-0.25, -0.2) is 4.39 Å². The number of hydrogen-bond acceptors (Lipinski definition) is 7. The molecule has 10 heteroatoms. The summed E-state index contributed by atoms with van der Waals surface area (Å²) in [6, 6.07) is 12.4. The van der Waals surface area contributed by atoms with Crippen LogP contribution >= 0.6 is 11.6 Å². The van der Waals surface area contributed by atoms with Gasteiger partial charge in [0.15, 0.2) is 0 Å². The molecular weight excluding hydrogens is 488 g/mol. The molecule has 2 radical (unpaired) electrons. The van der Waals surface area contributed by atoms with Crippen LogP contribution in [-0.4, -0.2) is 30.4 Å². The summed E-state index contributed by atoms with van der Waals surface area (Å²) in [6.07, 6.45) is 6.62. The van der Waals surface area contributed by atoms with Gasteiger partial charge < -0.3 is 16.1 Å². The highest BCUT2D eigenvalue weighted by Crippen LogP contribution is 2.38. The molecule has 0 saturated heterocycles. The summed E-state index contributed by atoms with van der Waals surface area (Å²) in [7, 11) is 7.03. The molecular formula is C27H28BClFN7. The summed E-state index contributed by atoms with van der Waals surface area (Å²) >= 11 is 6.69. The van der Waals surface area contributed by atoms with Crippen molar-refractivity contribution in [2.24, 2.45) is 5.92 Å². The van der Waals surface area contributed by atoms with Gasteiger partial charge in [0.2, 0.25) is 0 Å². The average Bonchev–Trinajstić information content (AvgIpc) is 3.60. The highest BCUT2D eigenvalue weighted by atomic mass is 35.5. The number of nitrogens with one attached hydrogen (secondary N) is 4. The predicted molar refractivity (Wildman–Crippen MR) is 146 cm³/mol. The van der Waals surface area contributed by atoms with Crippen LogP contribution in [0.3, 0.4) is 0 Å². The second kappa shape index (κ2) is 10.1. The zero-order valence-corrected chi connectivity index (χ0v) is 21.5. The average molecular weight is 516 g/mol. The lowest BCUT2D eigenvalue weighted by Crippen LogP contribution is -2.45. The zero-order chi connectivity index (χ0) is 26.2. The quantitative estimate of drug-likeness (QED) is 0.294. The molecule has 2 heterocycles. The Balaban J connectivity index is 1.57. The van der Waals surface area contributed by atoms with Crippen molar-refractivity contribution in [2.45, 2.75) is 44.6 Å². The standard InChI is InChI=1S/C27H28BClFN7/c1-16(2)9-10-32-25-17(13-31)14-33-26-22(25)11-20(12-23(26)29)34-27(28,18-3-5-19(30)6-4-18)24-15-37(36-35-24)21-7-8-21/h3-6,11-12,14-16,21,34-36H,7-10H2,1-2H3,(H,32,33). The van der Waals surface area contributed by atoms with Gasteiger partial charge >= 0.3 is 0 Å². The number of benzene rings is 2. The number of aromatic nitrogens is 1. The van der Waals surface area contributed by atoms with Crippen LogP contribution in [0.4, 0.5) is 15.8 Å². The predicted octanol–water partition coefficient (Wildman–Crippen LogP) is 5.12. The summed E-state index contributed by atoms with van der Waals surface area (Å²) in [5.74, 6) is 0.162. The summed E-state index contributed by atoms with van der Waals surface area (Å²) in [5, 5.41) is 19.7. The van der Waals surface area contributed by atoms with E-state index in [2.05, 4.69) is 46.5 Å². The first-order chi connectivity index (χ1) is 17.8. The van der Waals surface area contributed by atoms with E-state index in [1.165, 1.54) is 18.3 Å². The van der Waals surface area contributed by atoms with E-state index in [-0.39, 0.29) is 5.82 Å². The Hall–Kier alpha value is -3.48. The second-order valence-corrected chi connectivity index (χ2v) is 10.4. The summed E-state index contributed by atoms with van der Waals surface area (Å²) in [6.45, 7) is 5.01. The number of halogens is 2. The SMILES string of the molecule is [B]C(Nc1cc(Cl)c2ncc(C#N)c(NCCC(C)C)c2c1)(C1=CN(C2CC2)NN1)c1ccc(F)cc1. The molecule has 7 nitrogen and oxygen atoms in total. The maximum Gasteiger partial charge on any atom is 0.123 e. The number of anilines is 2. The molecule has 37 heavy (non-hydrogen) atoms. The van der Waals surface area contributed by atoms with Gasteiger partial charge in [0.25, 0.3) is 0 Å². The fourth-order valence-electron chi connectivity index (χ4n) is 4.41. The normalized spacial score (nSPS) is 16.8. The van der Waals surface area contributed by atoms with Crippen LogP contribution in [0.25, 0.3) is 10.9 Å². The lowest BCUT2D eigenvalue weighted by molar-refractivity contribution is 0.260. The van der Waals surface area contributed by atoms with Gasteiger partial charge in [0.1, 0.15) is 19.7 Å². The van der Waals surface area contributed by atoms with Gasteiger partial charge in [-0.3, -0.25) is 9.99 Å². The molecule has 0 spiro atoms. The largest absolute Gasteiger partial charge is 0.383 e. The lowest BCUT2D eigenvalue weighted by atomic mass is 9.69. The topological polar surface area (TPSA) is 88.0 Å². The minimum atomic E-state index is -1.24. The van der Waals surface area contributed by atoms with Gasteiger partial charge in [0, 0.05) is 36.1 Å². The molecule has 1 aliphatic heterocycles. The molecule has 1 atom stereocenters. The fraction of sp³-hybridized carbons (Fsp3) is 0.333. The zero-order valence-electron chi connectivity index (χ0n) is 20.8. The lowest BCUT2D eigenvalue weighted by Gasteiger charge is -2.34. The molecule has 1 aromatic heterocycles. The molecule has 1 unspecified atom stereocenters. The summed E-state index contributed by atoms with van der Waals surface area (Å²) in [5.41, 5.74) is 8.74. The number of nitriles is 1. The van der Waals surface area contributed by atoms with E-state index in [1.807, 2.05) is 17.3 Å². The number of fused-ring (bicyclic) bond motifs is 1. The van der Waals surface area contributed by atoms with Gasteiger partial charge in [0.05, 0.1) is 32.9 Å². The van der Waals surface area contributed by atoms with E-state index < -0.39 is 5.44 Å². The van der Waals surface area contributed by atoms with Crippen LogP contribution in [-0.2, 0) is 5.44 Å². The number of hydrogen-bond donors (Lipinski definition) is 4. The number of rotatable bonds is 9. The third-order valence-corrected chi connectivity index (χ3v) is 6.95. The molecule has 2 aliphatic rings. The Bertz CT molecular complexity index is 1380. The first-order valence-electron chi connectivity index (χ1n) is 12.4. The van der Waals surface area contributed by atoms with Crippen LogP contribution in [0.1, 0.15) is 44.2 Å². The molecule has 4 N–H and O–H groups in total. The molecule has 1 aliphatic carbocycles. The first-order valence-corrected chi connectivity index (χ1v) is 12.8. The van der Waals surface area contributed by atoms with E-state index >= 15 is 0 Å². The van der Waals surface area contributed by atoms with Gasteiger partial charge in [-0.2, -0.15) is 5.26 Å². The van der Waals surface area contributed by atoms with Crippen LogP contribution in [0, 0.1) is 23.1 Å². The highest BCUT2D eigenvalue weighted by Gasteiger charge is 2.37. The second-order valence-electron chi connectivity index (χ2n) is 9.98. The Morgan fingerprint density at radius 2 is 2.05 bits per heavy atom. The van der Waals surface area contributed by atoms with Crippen LogP contribution < -0.4 is 21.6 Å². The third kappa shape index (κ3) is 5.18. The van der Waals surface area contributed by atoms with Gasteiger partial charge in [-0.15, -0.1) is 5.53 Å². The highest BCUT2D eigenvalue weighted by molar-refractivity contribution is 6.36. The smallest absolute Gasteiger partial charge is 0.123 e. The van der Waals surface area contributed by atoms with E-state index in [0.717, 1.165) is 19.3 Å². The van der Waals surface area contributed by atoms with Gasteiger partial charge in [-0.05, 0) is 55.0 Å². The minimum Gasteiger partial charge on any atom is -0.383 e. The van der Waals surface area contributed by atoms with E-state index in [9.17, 15) is 9.65 Å². The van der Waals surface area contributed by atoms with Crippen LogP contribution in [0.5, 0.6) is 0 Å². The summed E-state index contributed by atoms with van der Waals surface area (Å²) < 4.78 is 13.8. The van der Waals surface area contributed by atoms with Crippen LogP contribution in [0.15, 0.2) is 54.5 Å². The molecule has 3 aromatic rings. The first kappa shape index (κ1) is 25.2. The van der Waals surface area contributed by atoms with Crippen LogP contribution in [0.2, 0.25) is 5.02 Å². The van der Waals surface area contributed by atoms with Crippen molar-refractivity contribution < 1.29 is 4.39 Å². The number of pyridine rings is 1. The van der Waals surface area contributed by atoms with Crippen molar-refractivity contribution in [1.29, 1.82) is 5.26 Å². The maximum absolute atomic E-state index is 13.8. The van der Waals surface area contributed by atoms with E-state index in [0.29, 0.717) is 62.6 Å². The molecule has 0 bridgehead atoms. The Labute approximate surface area is 222 Å². The van der Waals surface area contributed by atoms with Gasteiger partial charge in [-0.1, -0.05) is 37.6 Å². The number of hydrazine groups is 2. The Morgan fingerprint density at radius 3 is 2.73 bits per heavy atom. The molecule has 1 fully saturated rings. The molecule has 5 rings (SSSR count). The van der Waals surface area contributed by atoms with Crippen molar-refractivity contribution >= 4 is 41.7 Å². The minimum absolute atomic E-state index is 0.349. The van der Waals surface area contributed by atoms with E-state index in [4.69, 9.17) is 19.4 Å². The Morgan fingerprint density at radius 1 is 1.30 bits per heavy atom. The molecule has 1 saturated carbocycles.